The molecular weight excluding hydrogens is 240 g/mol. The maximum Gasteiger partial charge on any atom is 0.340 e. The van der Waals surface area contributed by atoms with Gasteiger partial charge in [-0.05, 0) is 0 Å². The van der Waals surface area contributed by atoms with Gasteiger partial charge in [0.05, 0.1) is 6.61 Å². The Labute approximate surface area is 95.7 Å². The number of hydrogen-bond donors (Lipinski definition) is 5. The second-order valence-electron chi connectivity index (χ2n) is 3.16. The number of carboxylic acid groups (broad SMARTS) is 1. The van der Waals surface area contributed by atoms with E-state index in [1.807, 2.05) is 0 Å². The van der Waals surface area contributed by atoms with E-state index in [0.29, 0.717) is 0 Å². The van der Waals surface area contributed by atoms with Crippen LogP contribution in [0, 0.1) is 0 Å². The molecule has 0 bridgehead atoms. The van der Waals surface area contributed by atoms with E-state index in [0.717, 1.165) is 6.92 Å². The summed E-state index contributed by atoms with van der Waals surface area (Å²) in [7, 11) is 0. The highest BCUT2D eigenvalue weighted by molar-refractivity contribution is 5.73. The average Bonchev–Trinajstić information content (AvgIpc) is 2.25. The number of carboxylic acids is 1. The van der Waals surface area contributed by atoms with E-state index in [4.69, 9.17) is 15.3 Å². The maximum atomic E-state index is 10.6. The zero-order valence-corrected chi connectivity index (χ0v) is 8.89. The molecule has 0 unspecified atom stereocenters. The molecule has 9 heteroatoms. The van der Waals surface area contributed by atoms with Crippen LogP contribution in [0.25, 0.3) is 0 Å². The fourth-order valence-corrected chi connectivity index (χ4v) is 0.878. The van der Waals surface area contributed by atoms with Crippen LogP contribution in [0.4, 0.5) is 0 Å². The third-order valence-electron chi connectivity index (χ3n) is 1.75. The van der Waals surface area contributed by atoms with Crippen molar-refractivity contribution in [2.75, 3.05) is 6.61 Å². The molecule has 0 spiro atoms. The highest BCUT2D eigenvalue weighted by Crippen LogP contribution is 2.09. The van der Waals surface area contributed by atoms with Gasteiger partial charge in [-0.3, -0.25) is 4.89 Å². The van der Waals surface area contributed by atoms with Crippen LogP contribution in [0.3, 0.4) is 0 Å². The minimum absolute atomic E-state index is 0.891. The molecule has 17 heavy (non-hydrogen) atoms. The molecule has 0 amide bonds. The Bertz CT molecular complexity index is 266. The van der Waals surface area contributed by atoms with Gasteiger partial charge >= 0.3 is 11.9 Å². The van der Waals surface area contributed by atoms with E-state index >= 15 is 0 Å². The van der Waals surface area contributed by atoms with Gasteiger partial charge in [-0.15, -0.1) is 0 Å². The van der Waals surface area contributed by atoms with E-state index in [2.05, 4.69) is 9.78 Å². The summed E-state index contributed by atoms with van der Waals surface area (Å²) in [4.78, 5) is 29.0. The summed E-state index contributed by atoms with van der Waals surface area (Å²) in [5.74, 6) is -2.68. The van der Waals surface area contributed by atoms with Gasteiger partial charge < -0.3 is 25.5 Å². The predicted octanol–water partition coefficient (Wildman–Crippen LogP) is -2.99. The predicted molar refractivity (Wildman–Crippen MR) is 49.4 cm³/mol. The minimum atomic E-state index is -2.09. The zero-order valence-electron chi connectivity index (χ0n) is 8.89. The van der Waals surface area contributed by atoms with Crippen LogP contribution < -0.4 is 0 Å². The first-order valence-corrected chi connectivity index (χ1v) is 4.53. The minimum Gasteiger partial charge on any atom is -0.479 e. The summed E-state index contributed by atoms with van der Waals surface area (Å²) in [6, 6.07) is 0. The molecule has 0 aliphatic heterocycles. The molecule has 0 heterocycles. The van der Waals surface area contributed by atoms with Crippen molar-refractivity contribution in [1.29, 1.82) is 0 Å². The van der Waals surface area contributed by atoms with E-state index in [9.17, 15) is 19.8 Å². The number of rotatable bonds is 7. The van der Waals surface area contributed by atoms with Crippen LogP contribution in [0.1, 0.15) is 6.92 Å². The Kier molecular flexibility index (Phi) is 6.61. The summed E-state index contributed by atoms with van der Waals surface area (Å²) in [6.45, 7) is 0.0441. The van der Waals surface area contributed by atoms with Crippen LogP contribution in [-0.2, 0) is 19.4 Å². The lowest BCUT2D eigenvalue weighted by Gasteiger charge is -2.24. The van der Waals surface area contributed by atoms with E-state index < -0.39 is 43.0 Å². The number of aliphatic carboxylic acids is 1. The zero-order chi connectivity index (χ0) is 13.6. The van der Waals surface area contributed by atoms with Crippen LogP contribution in [0.15, 0.2) is 0 Å². The molecule has 0 saturated heterocycles. The number of aliphatic hydroxyl groups excluding tert-OH is 4. The third kappa shape index (κ3) is 5.06. The molecule has 0 radical (unpaired) electrons. The summed E-state index contributed by atoms with van der Waals surface area (Å²) < 4.78 is 0. The SMILES string of the molecule is CC(=O)OO[C@@H](C(=O)O)[C@@H](O)[C@H](O)[C@H](O)CO. The Morgan fingerprint density at radius 2 is 1.71 bits per heavy atom. The van der Waals surface area contributed by atoms with E-state index in [1.54, 1.807) is 0 Å². The van der Waals surface area contributed by atoms with Crippen LogP contribution in [0.2, 0.25) is 0 Å². The summed E-state index contributed by atoms with van der Waals surface area (Å²) in [5.41, 5.74) is 0. The van der Waals surface area contributed by atoms with E-state index in [1.165, 1.54) is 0 Å². The average molecular weight is 254 g/mol. The van der Waals surface area contributed by atoms with Crippen molar-refractivity contribution < 1.29 is 44.9 Å². The van der Waals surface area contributed by atoms with Gasteiger partial charge in [-0.25, -0.2) is 9.59 Å². The molecular formula is C8H14O9. The fraction of sp³-hybridized carbons (Fsp3) is 0.750. The van der Waals surface area contributed by atoms with Crippen molar-refractivity contribution >= 4 is 11.9 Å². The number of hydrogen-bond acceptors (Lipinski definition) is 8. The molecule has 0 aliphatic rings. The molecule has 100 valence electrons. The lowest BCUT2D eigenvalue weighted by atomic mass is 10.0. The topological polar surface area (TPSA) is 154 Å². The number of aliphatic hydroxyl groups is 4. The van der Waals surface area contributed by atoms with Gasteiger partial charge in [0.15, 0.2) is 0 Å². The molecule has 0 aromatic heterocycles. The van der Waals surface area contributed by atoms with Gasteiger partial charge in [0.2, 0.25) is 6.10 Å². The van der Waals surface area contributed by atoms with Crippen molar-refractivity contribution in [1.82, 2.24) is 0 Å². The Balaban J connectivity index is 4.58. The summed E-state index contributed by atoms with van der Waals surface area (Å²) >= 11 is 0. The lowest BCUT2D eigenvalue weighted by molar-refractivity contribution is -0.312. The Hall–Kier alpha value is -1.26. The third-order valence-corrected chi connectivity index (χ3v) is 1.75. The Morgan fingerprint density at radius 1 is 1.18 bits per heavy atom. The first-order valence-electron chi connectivity index (χ1n) is 4.53. The van der Waals surface area contributed by atoms with Gasteiger partial charge in [0.1, 0.15) is 18.3 Å². The van der Waals surface area contributed by atoms with Gasteiger partial charge in [0.25, 0.3) is 0 Å². The molecule has 0 saturated carbocycles. The van der Waals surface area contributed by atoms with Gasteiger partial charge in [-0.1, -0.05) is 0 Å². The molecule has 0 aromatic rings. The first kappa shape index (κ1) is 15.7. The van der Waals surface area contributed by atoms with Crippen LogP contribution in [0.5, 0.6) is 0 Å². The summed E-state index contributed by atoms with van der Waals surface area (Å²) in [6.07, 6.45) is -7.91. The van der Waals surface area contributed by atoms with Crippen molar-refractivity contribution in [2.45, 2.75) is 31.3 Å². The summed E-state index contributed by atoms with van der Waals surface area (Å²) in [5, 5.41) is 44.7. The fourth-order valence-electron chi connectivity index (χ4n) is 0.878. The van der Waals surface area contributed by atoms with Crippen LogP contribution in [-0.4, -0.2) is 68.5 Å². The monoisotopic (exact) mass is 254 g/mol. The smallest absolute Gasteiger partial charge is 0.340 e. The Morgan fingerprint density at radius 3 is 2.06 bits per heavy atom. The quantitative estimate of drug-likeness (QED) is 0.236. The molecule has 9 nitrogen and oxygen atoms in total. The second kappa shape index (κ2) is 7.14. The molecule has 0 aliphatic carbocycles. The number of carbonyl (C=O) groups excluding carboxylic acids is 1. The van der Waals surface area contributed by atoms with Crippen molar-refractivity contribution in [3.05, 3.63) is 0 Å². The second-order valence-corrected chi connectivity index (χ2v) is 3.16. The molecule has 0 aromatic carbocycles. The van der Waals surface area contributed by atoms with Crippen molar-refractivity contribution in [3.63, 3.8) is 0 Å². The van der Waals surface area contributed by atoms with Crippen LogP contribution >= 0.6 is 0 Å². The first-order chi connectivity index (χ1) is 7.81. The number of carbonyl (C=O) groups is 2. The van der Waals surface area contributed by atoms with Gasteiger partial charge in [0, 0.05) is 6.92 Å². The van der Waals surface area contributed by atoms with Crippen molar-refractivity contribution in [2.24, 2.45) is 0 Å². The normalized spacial score (nSPS) is 17.9. The lowest BCUT2D eigenvalue weighted by Crippen LogP contribution is -2.49. The largest absolute Gasteiger partial charge is 0.479 e. The molecule has 0 fully saturated rings. The van der Waals surface area contributed by atoms with Crippen molar-refractivity contribution in [3.8, 4) is 0 Å². The highest BCUT2D eigenvalue weighted by atomic mass is 17.2. The molecule has 4 atom stereocenters. The molecule has 5 N–H and O–H groups in total. The molecule has 0 rings (SSSR count). The highest BCUT2D eigenvalue weighted by Gasteiger charge is 2.38. The maximum absolute atomic E-state index is 10.6. The van der Waals surface area contributed by atoms with E-state index in [-0.39, 0.29) is 0 Å². The van der Waals surface area contributed by atoms with Gasteiger partial charge in [-0.2, -0.15) is 4.89 Å². The standard InChI is InChI=1S/C8H14O9/c1-3(10)16-17-7(8(14)15)6(13)5(12)4(11)2-9/h4-7,9,11-13H,2H2,1H3,(H,14,15)/t4-,5-,6+,7-/m1/s1.